The zero-order valence-electron chi connectivity index (χ0n) is 20.1. The van der Waals surface area contributed by atoms with Crippen LogP contribution in [-0.4, -0.2) is 16.7 Å². The summed E-state index contributed by atoms with van der Waals surface area (Å²) < 4.78 is 7.98. The van der Waals surface area contributed by atoms with Gasteiger partial charge in [-0.05, 0) is 47.5 Å². The Bertz CT molecular complexity index is 1880. The Morgan fingerprint density at radius 3 is 2.59 bits per heavy atom. The molecule has 0 saturated carbocycles. The van der Waals surface area contributed by atoms with E-state index in [1.165, 1.54) is 0 Å². The van der Waals surface area contributed by atoms with Crippen LogP contribution in [0.2, 0.25) is 0 Å². The van der Waals surface area contributed by atoms with E-state index in [2.05, 4.69) is 21.2 Å². The highest BCUT2D eigenvalue weighted by molar-refractivity contribution is 6.08. The third-order valence-electron chi connectivity index (χ3n) is 6.76. The van der Waals surface area contributed by atoms with Crippen LogP contribution in [0.4, 0.5) is 0 Å². The Labute approximate surface area is 213 Å². The lowest BCUT2D eigenvalue weighted by Gasteiger charge is -2.10. The van der Waals surface area contributed by atoms with E-state index < -0.39 is 5.91 Å². The van der Waals surface area contributed by atoms with Gasteiger partial charge in [0.2, 0.25) is 0 Å². The molecule has 6 aromatic rings. The van der Waals surface area contributed by atoms with Crippen LogP contribution >= 0.6 is 0 Å². The Morgan fingerprint density at radius 2 is 1.73 bits per heavy atom. The van der Waals surface area contributed by atoms with Crippen LogP contribution in [0.5, 0.6) is 0 Å². The SMILES string of the molecule is Cc1c(C=NNC(=O)c2cc3c(ccc4ccccc43)o2)c2ccccc2n1Cc1ccccc1C#N. The highest BCUT2D eigenvalue weighted by Crippen LogP contribution is 2.29. The van der Waals surface area contributed by atoms with Crippen molar-refractivity contribution in [2.75, 3.05) is 0 Å². The number of hydrogen-bond donors (Lipinski definition) is 1. The average Bonchev–Trinajstić information content (AvgIpc) is 3.49. The van der Waals surface area contributed by atoms with Crippen molar-refractivity contribution >= 4 is 44.8 Å². The normalized spacial score (nSPS) is 11.5. The molecule has 6 rings (SSSR count). The number of aromatic nitrogens is 1. The number of furan rings is 1. The van der Waals surface area contributed by atoms with Crippen LogP contribution in [0.3, 0.4) is 0 Å². The van der Waals surface area contributed by atoms with Crippen molar-refractivity contribution in [3.63, 3.8) is 0 Å². The molecule has 1 N–H and O–H groups in total. The molecular weight excluding hydrogens is 460 g/mol. The molecular formula is C31H22N4O2. The van der Waals surface area contributed by atoms with Gasteiger partial charge in [0.05, 0.1) is 17.8 Å². The largest absolute Gasteiger partial charge is 0.451 e. The number of amides is 1. The monoisotopic (exact) mass is 482 g/mol. The van der Waals surface area contributed by atoms with Gasteiger partial charge in [0.25, 0.3) is 0 Å². The number of fused-ring (bicyclic) bond motifs is 4. The van der Waals surface area contributed by atoms with Crippen LogP contribution in [0, 0.1) is 18.3 Å². The van der Waals surface area contributed by atoms with Crippen LogP contribution in [0.25, 0.3) is 32.6 Å². The topological polar surface area (TPSA) is 83.3 Å². The van der Waals surface area contributed by atoms with Crippen LogP contribution in [-0.2, 0) is 6.54 Å². The fourth-order valence-corrected chi connectivity index (χ4v) is 4.88. The van der Waals surface area contributed by atoms with Crippen LogP contribution < -0.4 is 5.43 Å². The molecule has 0 spiro atoms. The summed E-state index contributed by atoms with van der Waals surface area (Å²) in [5.41, 5.74) is 7.79. The van der Waals surface area contributed by atoms with Gasteiger partial charge < -0.3 is 8.98 Å². The quantitative estimate of drug-likeness (QED) is 0.224. The molecule has 0 atom stereocenters. The van der Waals surface area contributed by atoms with E-state index in [4.69, 9.17) is 4.42 Å². The first-order chi connectivity index (χ1) is 18.1. The molecule has 0 unspecified atom stereocenters. The molecule has 2 aromatic heterocycles. The van der Waals surface area contributed by atoms with E-state index in [1.54, 1.807) is 12.3 Å². The van der Waals surface area contributed by atoms with Crippen molar-refractivity contribution in [3.8, 4) is 6.07 Å². The lowest BCUT2D eigenvalue weighted by atomic mass is 10.1. The highest BCUT2D eigenvalue weighted by atomic mass is 16.3. The van der Waals surface area contributed by atoms with Crippen molar-refractivity contribution < 1.29 is 9.21 Å². The van der Waals surface area contributed by atoms with Crippen molar-refractivity contribution in [2.45, 2.75) is 13.5 Å². The number of rotatable bonds is 5. The van der Waals surface area contributed by atoms with Crippen molar-refractivity contribution in [3.05, 3.63) is 119 Å². The maximum absolute atomic E-state index is 12.9. The number of carbonyl (C=O) groups is 1. The van der Waals surface area contributed by atoms with Gasteiger partial charge >= 0.3 is 5.91 Å². The molecule has 178 valence electrons. The first-order valence-corrected chi connectivity index (χ1v) is 11.9. The van der Waals surface area contributed by atoms with Gasteiger partial charge in [-0.1, -0.05) is 66.7 Å². The number of benzene rings is 4. The Balaban J connectivity index is 1.30. The molecule has 6 nitrogen and oxygen atoms in total. The maximum Gasteiger partial charge on any atom is 0.307 e. The van der Waals surface area contributed by atoms with E-state index in [9.17, 15) is 10.1 Å². The van der Waals surface area contributed by atoms with Gasteiger partial charge in [-0.3, -0.25) is 4.79 Å². The van der Waals surface area contributed by atoms with Crippen molar-refractivity contribution in [2.24, 2.45) is 5.10 Å². The average molecular weight is 483 g/mol. The van der Waals surface area contributed by atoms with E-state index in [0.717, 1.165) is 43.9 Å². The lowest BCUT2D eigenvalue weighted by molar-refractivity contribution is 0.0929. The molecule has 0 fully saturated rings. The standard InChI is InChI=1S/C31H22N4O2/c1-20-27(25-12-6-7-13-28(25)35(20)19-23-10-3-2-9-22(23)17-32)18-33-34-31(36)30-16-26-24-11-5-4-8-21(24)14-15-29(26)37-30/h2-16,18H,19H2,1H3,(H,34,36). The second kappa shape index (κ2) is 9.14. The zero-order chi connectivity index (χ0) is 25.4. The third kappa shape index (κ3) is 3.93. The van der Waals surface area contributed by atoms with Crippen molar-refractivity contribution in [1.82, 2.24) is 9.99 Å². The molecule has 0 aliphatic carbocycles. The Hall–Kier alpha value is -5.15. The van der Waals surface area contributed by atoms with Gasteiger partial charge in [0, 0.05) is 34.1 Å². The first-order valence-electron chi connectivity index (χ1n) is 11.9. The predicted molar refractivity (Wildman–Crippen MR) is 146 cm³/mol. The molecule has 0 aliphatic rings. The minimum absolute atomic E-state index is 0.204. The van der Waals surface area contributed by atoms with Crippen LogP contribution in [0.15, 0.2) is 101 Å². The summed E-state index contributed by atoms with van der Waals surface area (Å²) in [4.78, 5) is 12.9. The summed E-state index contributed by atoms with van der Waals surface area (Å²) >= 11 is 0. The summed E-state index contributed by atoms with van der Waals surface area (Å²) in [7, 11) is 0. The number of para-hydroxylation sites is 1. The van der Waals surface area contributed by atoms with Crippen molar-refractivity contribution in [1.29, 1.82) is 5.26 Å². The zero-order valence-corrected chi connectivity index (χ0v) is 20.1. The second-order valence-electron chi connectivity index (χ2n) is 8.88. The summed E-state index contributed by atoms with van der Waals surface area (Å²) in [5, 5.41) is 17.8. The molecule has 0 radical (unpaired) electrons. The number of carbonyl (C=O) groups excluding carboxylic acids is 1. The first kappa shape index (κ1) is 22.3. The van der Waals surface area contributed by atoms with Gasteiger partial charge in [-0.2, -0.15) is 10.4 Å². The molecule has 0 bridgehead atoms. The molecule has 0 aliphatic heterocycles. The summed E-state index contributed by atoms with van der Waals surface area (Å²) in [6.07, 6.45) is 1.67. The number of nitrogens with one attached hydrogen (secondary N) is 1. The number of nitrogens with zero attached hydrogens (tertiary/aromatic N) is 3. The minimum Gasteiger partial charge on any atom is -0.451 e. The van der Waals surface area contributed by atoms with E-state index in [0.29, 0.717) is 17.7 Å². The van der Waals surface area contributed by atoms with Crippen LogP contribution in [0.1, 0.15) is 32.9 Å². The fourth-order valence-electron chi connectivity index (χ4n) is 4.88. The van der Waals surface area contributed by atoms with Gasteiger partial charge in [0.1, 0.15) is 5.58 Å². The Kier molecular flexibility index (Phi) is 5.51. The molecule has 37 heavy (non-hydrogen) atoms. The number of nitriles is 1. The maximum atomic E-state index is 12.9. The lowest BCUT2D eigenvalue weighted by Crippen LogP contribution is -2.16. The molecule has 1 amide bonds. The van der Waals surface area contributed by atoms with Gasteiger partial charge in [-0.25, -0.2) is 5.43 Å². The third-order valence-corrected chi connectivity index (χ3v) is 6.76. The molecule has 6 heteroatoms. The van der Waals surface area contributed by atoms with E-state index >= 15 is 0 Å². The predicted octanol–water partition coefficient (Wildman–Crippen LogP) is 6.53. The van der Waals surface area contributed by atoms with E-state index in [-0.39, 0.29) is 5.76 Å². The van der Waals surface area contributed by atoms with E-state index in [1.807, 2.05) is 91.9 Å². The number of hydrogen-bond acceptors (Lipinski definition) is 4. The second-order valence-corrected chi connectivity index (χ2v) is 8.88. The fraction of sp³-hybridized carbons (Fsp3) is 0.0645. The number of hydrazone groups is 1. The highest BCUT2D eigenvalue weighted by Gasteiger charge is 2.16. The molecule has 0 saturated heterocycles. The smallest absolute Gasteiger partial charge is 0.307 e. The summed E-state index contributed by atoms with van der Waals surface area (Å²) in [6.45, 7) is 2.58. The Morgan fingerprint density at radius 1 is 0.973 bits per heavy atom. The van der Waals surface area contributed by atoms with Gasteiger partial charge in [0.15, 0.2) is 5.76 Å². The summed E-state index contributed by atoms with van der Waals surface area (Å²) in [6, 6.07) is 31.5. The molecule has 2 heterocycles. The summed E-state index contributed by atoms with van der Waals surface area (Å²) in [5.74, 6) is -0.211. The van der Waals surface area contributed by atoms with Gasteiger partial charge in [-0.15, -0.1) is 0 Å². The minimum atomic E-state index is -0.416. The molecule has 4 aromatic carbocycles.